The average molecular weight is 218 g/mol. The molecular weight excluding hydrogens is 204 g/mol. The van der Waals surface area contributed by atoms with Crippen LogP contribution < -0.4 is 0 Å². The summed E-state index contributed by atoms with van der Waals surface area (Å²) >= 11 is 0. The smallest absolute Gasteiger partial charge is 0.342 e. The molecule has 16 heavy (non-hydrogen) atoms. The summed E-state index contributed by atoms with van der Waals surface area (Å²) < 4.78 is 4.85. The minimum Gasteiger partial charge on any atom is -0.507 e. The van der Waals surface area contributed by atoms with Crippen LogP contribution in [0.5, 0.6) is 5.75 Å². The molecule has 0 unspecified atom stereocenters. The van der Waals surface area contributed by atoms with Crippen molar-refractivity contribution in [3.8, 4) is 5.75 Å². The summed E-state index contributed by atoms with van der Waals surface area (Å²) in [5, 5.41) is 9.82. The van der Waals surface area contributed by atoms with Crippen LogP contribution in [0, 0.1) is 0 Å². The van der Waals surface area contributed by atoms with Crippen LogP contribution in [0.25, 0.3) is 0 Å². The monoisotopic (exact) mass is 218 g/mol. The summed E-state index contributed by atoms with van der Waals surface area (Å²) in [4.78, 5) is 11.5. The lowest BCUT2D eigenvalue weighted by molar-refractivity contribution is 0.0546. The molecule has 0 bridgehead atoms. The Morgan fingerprint density at radius 3 is 2.75 bits per heavy atom. The Bertz CT molecular complexity index is 408. The Kier molecular flexibility index (Phi) is 4.33. The Morgan fingerprint density at radius 2 is 2.12 bits per heavy atom. The molecule has 1 aromatic rings. The van der Waals surface area contributed by atoms with Crippen LogP contribution in [0.15, 0.2) is 43.5 Å². The first-order chi connectivity index (χ1) is 7.70. The Hall–Kier alpha value is -2.03. The number of para-hydroxylation sites is 1. The highest BCUT2D eigenvalue weighted by atomic mass is 16.5. The molecule has 0 aliphatic carbocycles. The van der Waals surface area contributed by atoms with Crippen molar-refractivity contribution < 1.29 is 14.6 Å². The number of aromatic hydroxyl groups is 1. The van der Waals surface area contributed by atoms with Crippen molar-refractivity contribution in [1.29, 1.82) is 0 Å². The summed E-state index contributed by atoms with van der Waals surface area (Å²) in [5.41, 5.74) is 0.823. The van der Waals surface area contributed by atoms with Crippen molar-refractivity contribution >= 4 is 5.97 Å². The van der Waals surface area contributed by atoms with Gasteiger partial charge in [-0.05, 0) is 18.1 Å². The number of allylic oxidation sites excluding steroid dienone is 1. The van der Waals surface area contributed by atoms with Gasteiger partial charge in [-0.25, -0.2) is 4.79 Å². The highest BCUT2D eigenvalue weighted by molar-refractivity contribution is 5.92. The highest BCUT2D eigenvalue weighted by Gasteiger charge is 2.14. The Morgan fingerprint density at radius 1 is 1.38 bits per heavy atom. The molecule has 0 aromatic heterocycles. The van der Waals surface area contributed by atoms with Crippen molar-refractivity contribution in [3.05, 3.63) is 54.6 Å². The molecular formula is C13H14O3. The summed E-state index contributed by atoms with van der Waals surface area (Å²) in [6.07, 6.45) is 3.64. The van der Waals surface area contributed by atoms with Crippen molar-refractivity contribution in [3.63, 3.8) is 0 Å². The quantitative estimate of drug-likeness (QED) is 0.610. The van der Waals surface area contributed by atoms with E-state index in [0.717, 1.165) is 0 Å². The molecule has 0 saturated heterocycles. The lowest BCUT2D eigenvalue weighted by Gasteiger charge is -2.07. The predicted octanol–water partition coefficient (Wildman–Crippen LogP) is 2.46. The lowest BCUT2D eigenvalue weighted by Crippen LogP contribution is -2.06. The standard InChI is InChI=1S/C13H14O3/c1-3-6-10-7-5-8-11(12(10)14)13(15)16-9-4-2/h3-5,7-8,14H,1-2,6,9H2. The maximum Gasteiger partial charge on any atom is 0.342 e. The molecule has 3 heteroatoms. The fourth-order valence-corrected chi connectivity index (χ4v) is 1.29. The zero-order valence-corrected chi connectivity index (χ0v) is 8.98. The first kappa shape index (κ1) is 12.0. The van der Waals surface area contributed by atoms with E-state index in [1.807, 2.05) is 0 Å². The van der Waals surface area contributed by atoms with E-state index in [4.69, 9.17) is 4.74 Å². The van der Waals surface area contributed by atoms with Crippen LogP contribution in [0.4, 0.5) is 0 Å². The minimum atomic E-state index is -0.552. The molecule has 0 saturated carbocycles. The number of phenolic OH excluding ortho intramolecular Hbond substituents is 1. The normalized spacial score (nSPS) is 9.50. The molecule has 1 aromatic carbocycles. The summed E-state index contributed by atoms with van der Waals surface area (Å²) in [5.74, 6) is -0.597. The number of ether oxygens (including phenoxy) is 1. The number of carbonyl (C=O) groups is 1. The van der Waals surface area contributed by atoms with Gasteiger partial charge in [0.1, 0.15) is 17.9 Å². The Labute approximate surface area is 94.7 Å². The highest BCUT2D eigenvalue weighted by Crippen LogP contribution is 2.23. The number of hydrogen-bond acceptors (Lipinski definition) is 3. The fourth-order valence-electron chi connectivity index (χ4n) is 1.29. The van der Waals surface area contributed by atoms with E-state index >= 15 is 0 Å². The second-order valence-electron chi connectivity index (χ2n) is 3.19. The molecule has 84 valence electrons. The van der Waals surface area contributed by atoms with Crippen LogP contribution in [0.2, 0.25) is 0 Å². The minimum absolute atomic E-state index is 0.0449. The molecule has 0 fully saturated rings. The number of esters is 1. The fraction of sp³-hybridized carbons (Fsp3) is 0.154. The molecule has 1 rings (SSSR count). The lowest BCUT2D eigenvalue weighted by atomic mass is 10.1. The number of hydrogen-bond donors (Lipinski definition) is 1. The first-order valence-corrected chi connectivity index (χ1v) is 4.90. The number of phenols is 1. The van der Waals surface area contributed by atoms with Crippen molar-refractivity contribution in [2.45, 2.75) is 6.42 Å². The summed E-state index contributed by atoms with van der Waals surface area (Å²) in [6.45, 7) is 7.15. The van der Waals surface area contributed by atoms with Crippen LogP contribution >= 0.6 is 0 Å². The van der Waals surface area contributed by atoms with E-state index in [2.05, 4.69) is 13.2 Å². The van der Waals surface area contributed by atoms with Crippen molar-refractivity contribution in [2.24, 2.45) is 0 Å². The van der Waals surface area contributed by atoms with Crippen molar-refractivity contribution in [2.75, 3.05) is 6.61 Å². The number of carbonyl (C=O) groups excluding carboxylic acids is 1. The van der Waals surface area contributed by atoms with Gasteiger partial charge in [-0.2, -0.15) is 0 Å². The maximum atomic E-state index is 11.5. The SMILES string of the molecule is C=CCOC(=O)c1cccc(CC=C)c1O. The summed E-state index contributed by atoms with van der Waals surface area (Å²) in [7, 11) is 0. The number of rotatable bonds is 5. The predicted molar refractivity (Wildman–Crippen MR) is 62.5 cm³/mol. The molecule has 3 nitrogen and oxygen atoms in total. The largest absolute Gasteiger partial charge is 0.507 e. The van der Waals surface area contributed by atoms with Crippen LogP contribution in [-0.4, -0.2) is 17.7 Å². The van der Waals surface area contributed by atoms with Gasteiger partial charge in [0.05, 0.1) is 0 Å². The van der Waals surface area contributed by atoms with Gasteiger partial charge in [-0.1, -0.05) is 30.9 Å². The zero-order chi connectivity index (χ0) is 12.0. The maximum absolute atomic E-state index is 11.5. The van der Waals surface area contributed by atoms with Gasteiger partial charge in [0.2, 0.25) is 0 Å². The van der Waals surface area contributed by atoms with E-state index in [9.17, 15) is 9.90 Å². The van der Waals surface area contributed by atoms with Crippen LogP contribution in [0.1, 0.15) is 15.9 Å². The Balaban J connectivity index is 2.95. The van der Waals surface area contributed by atoms with E-state index in [-0.39, 0.29) is 17.9 Å². The third-order valence-electron chi connectivity index (χ3n) is 2.04. The van der Waals surface area contributed by atoms with E-state index in [0.29, 0.717) is 12.0 Å². The third-order valence-corrected chi connectivity index (χ3v) is 2.04. The zero-order valence-electron chi connectivity index (χ0n) is 8.98. The van der Waals surface area contributed by atoms with Gasteiger partial charge >= 0.3 is 5.97 Å². The van der Waals surface area contributed by atoms with E-state index in [1.54, 1.807) is 18.2 Å². The molecule has 0 spiro atoms. The van der Waals surface area contributed by atoms with Gasteiger partial charge in [0.15, 0.2) is 0 Å². The van der Waals surface area contributed by atoms with Crippen LogP contribution in [-0.2, 0) is 11.2 Å². The van der Waals surface area contributed by atoms with E-state index in [1.165, 1.54) is 12.1 Å². The molecule has 0 heterocycles. The topological polar surface area (TPSA) is 46.5 Å². The van der Waals surface area contributed by atoms with Gasteiger partial charge in [0.25, 0.3) is 0 Å². The second kappa shape index (κ2) is 5.75. The molecule has 0 aliphatic rings. The summed E-state index contributed by atoms with van der Waals surface area (Å²) in [6, 6.07) is 4.96. The molecule has 0 radical (unpaired) electrons. The van der Waals surface area contributed by atoms with Crippen molar-refractivity contribution in [1.82, 2.24) is 0 Å². The van der Waals surface area contributed by atoms with Gasteiger partial charge in [0, 0.05) is 0 Å². The molecule has 0 amide bonds. The average Bonchev–Trinajstić information content (AvgIpc) is 2.29. The van der Waals surface area contributed by atoms with E-state index < -0.39 is 5.97 Å². The molecule has 1 N–H and O–H groups in total. The third kappa shape index (κ3) is 2.73. The molecule has 0 atom stereocenters. The van der Waals surface area contributed by atoms with Gasteiger partial charge in [-0.3, -0.25) is 0 Å². The molecule has 0 aliphatic heterocycles. The second-order valence-corrected chi connectivity index (χ2v) is 3.19. The number of benzene rings is 1. The van der Waals surface area contributed by atoms with Gasteiger partial charge in [-0.15, -0.1) is 6.58 Å². The van der Waals surface area contributed by atoms with Crippen LogP contribution in [0.3, 0.4) is 0 Å². The first-order valence-electron chi connectivity index (χ1n) is 4.90. The van der Waals surface area contributed by atoms with Gasteiger partial charge < -0.3 is 9.84 Å².